The third kappa shape index (κ3) is 4.75. The van der Waals surface area contributed by atoms with Crippen molar-refractivity contribution in [3.63, 3.8) is 0 Å². The lowest BCUT2D eigenvalue weighted by molar-refractivity contribution is -0.154. The smallest absolute Gasteiger partial charge is 0.426 e. The summed E-state index contributed by atoms with van der Waals surface area (Å²) in [5.74, 6) is -2.76. The number of carboxylic acids is 1. The molecule has 0 saturated carbocycles. The van der Waals surface area contributed by atoms with Crippen molar-refractivity contribution in [3.8, 4) is 0 Å². The number of hydrogen-bond acceptors (Lipinski definition) is 11. The van der Waals surface area contributed by atoms with Crippen LogP contribution in [0.2, 0.25) is 0 Å². The van der Waals surface area contributed by atoms with E-state index < -0.39 is 35.2 Å². The van der Waals surface area contributed by atoms with E-state index in [-0.39, 0.29) is 28.8 Å². The van der Waals surface area contributed by atoms with E-state index in [0.29, 0.717) is 9.54 Å². The van der Waals surface area contributed by atoms with Crippen LogP contribution >= 0.6 is 39.0 Å². The van der Waals surface area contributed by atoms with E-state index in [9.17, 15) is 19.2 Å². The molecule has 16 heteroatoms. The van der Waals surface area contributed by atoms with E-state index >= 15 is 0 Å². The molecule has 2 atom stereocenters. The number of fused-ring (bicyclic) bond motifs is 1. The first kappa shape index (κ1) is 22.8. The number of hydrogen-bond donors (Lipinski definition) is 4. The summed E-state index contributed by atoms with van der Waals surface area (Å²) in [5.41, 5.74) is 9.50. The number of hydrazine groups is 1. The minimum atomic E-state index is -1.19. The third-order valence-corrected chi connectivity index (χ3v) is 6.85. The molecule has 1 aromatic heterocycles. The molecule has 3 amide bonds. The topological polar surface area (TPSA) is 186 Å². The summed E-state index contributed by atoms with van der Waals surface area (Å²) in [5, 5.41) is 12.5. The van der Waals surface area contributed by atoms with Gasteiger partial charge in [-0.1, -0.05) is 16.5 Å². The number of nitrogens with two attached hydrogens (primary N) is 1. The zero-order valence-electron chi connectivity index (χ0n) is 15.7. The lowest BCUT2D eigenvalue weighted by Crippen LogP contribution is -2.62. The molecular formula is C15H15BrN6O7S2. The largest absolute Gasteiger partial charge is 0.477 e. The van der Waals surface area contributed by atoms with Crippen molar-refractivity contribution in [2.45, 2.75) is 5.37 Å². The summed E-state index contributed by atoms with van der Waals surface area (Å²) in [6.45, 7) is -0.283. The number of nitrogens with zero attached hydrogens (tertiary/aromatic N) is 3. The number of nitrogens with one attached hydrogen (secondary N) is 2. The van der Waals surface area contributed by atoms with Crippen molar-refractivity contribution in [2.75, 3.05) is 25.2 Å². The number of aromatic nitrogens is 1. The van der Waals surface area contributed by atoms with Crippen LogP contribution in [0, 0.1) is 5.92 Å². The van der Waals surface area contributed by atoms with Gasteiger partial charge in [-0.3, -0.25) is 19.9 Å². The monoisotopic (exact) mass is 534 g/mol. The molecule has 1 saturated heterocycles. The van der Waals surface area contributed by atoms with Crippen molar-refractivity contribution in [2.24, 2.45) is 11.1 Å². The Labute approximate surface area is 191 Å². The molecule has 0 spiro atoms. The number of aliphatic carboxylic acids is 1. The molecule has 13 nitrogen and oxygen atoms in total. The first-order valence-electron chi connectivity index (χ1n) is 8.39. The summed E-state index contributed by atoms with van der Waals surface area (Å²) in [6, 6.07) is 0. The Morgan fingerprint density at radius 1 is 1.45 bits per heavy atom. The second kappa shape index (κ2) is 9.52. The number of β-lactam (4-membered cyclic amide) rings is 1. The van der Waals surface area contributed by atoms with Crippen molar-refractivity contribution in [1.82, 2.24) is 20.7 Å². The van der Waals surface area contributed by atoms with E-state index in [0.717, 1.165) is 16.2 Å². The number of ether oxygens (including phenoxy) is 1. The highest BCUT2D eigenvalue weighted by Crippen LogP contribution is 2.41. The molecule has 0 aliphatic carbocycles. The van der Waals surface area contributed by atoms with Gasteiger partial charge in [-0.2, -0.15) is 0 Å². The van der Waals surface area contributed by atoms with Gasteiger partial charge >= 0.3 is 12.1 Å². The normalized spacial score (nSPS) is 20.2. The maximum absolute atomic E-state index is 12.3. The minimum Gasteiger partial charge on any atom is -0.477 e. The molecule has 5 N–H and O–H groups in total. The second-order valence-electron chi connectivity index (χ2n) is 5.91. The lowest BCUT2D eigenvalue weighted by Gasteiger charge is -2.47. The molecule has 3 rings (SSSR count). The number of thiazole rings is 1. The van der Waals surface area contributed by atoms with Crippen LogP contribution in [0.3, 0.4) is 0 Å². The zero-order chi connectivity index (χ0) is 22.7. The quantitative estimate of drug-likeness (QED) is 0.221. The molecule has 1 aromatic rings. The summed E-state index contributed by atoms with van der Waals surface area (Å²) in [7, 11) is 1.23. The van der Waals surface area contributed by atoms with Crippen LogP contribution in [0.4, 0.5) is 9.93 Å². The number of rotatable bonds is 6. The number of thioether (sulfide) groups is 1. The zero-order valence-corrected chi connectivity index (χ0v) is 18.9. The molecule has 166 valence electrons. The fourth-order valence-corrected chi connectivity index (χ4v) is 5.33. The highest BCUT2D eigenvalue weighted by molar-refractivity contribution is 9.11. The van der Waals surface area contributed by atoms with E-state index in [2.05, 4.69) is 36.3 Å². The van der Waals surface area contributed by atoms with Gasteiger partial charge < -0.3 is 20.4 Å². The van der Waals surface area contributed by atoms with Gasteiger partial charge in [0.2, 0.25) is 5.91 Å². The predicted molar refractivity (Wildman–Crippen MR) is 113 cm³/mol. The molecular weight excluding hydrogens is 520 g/mol. The number of carbonyl (C=O) groups excluding carboxylic acids is 3. The third-order valence-electron chi connectivity index (χ3n) is 4.07. The number of anilines is 1. The van der Waals surface area contributed by atoms with Crippen molar-refractivity contribution in [1.29, 1.82) is 0 Å². The van der Waals surface area contributed by atoms with Gasteiger partial charge in [-0.15, -0.1) is 11.8 Å². The van der Waals surface area contributed by atoms with Gasteiger partial charge in [-0.25, -0.2) is 20.0 Å². The number of halogens is 1. The van der Waals surface area contributed by atoms with Crippen molar-refractivity contribution >= 4 is 73.7 Å². The number of nitrogen functional groups attached to an aromatic ring is 1. The number of carbonyl (C=O) groups is 4. The first-order valence-corrected chi connectivity index (χ1v) is 11.0. The van der Waals surface area contributed by atoms with Gasteiger partial charge in [0.15, 0.2) is 10.8 Å². The molecule has 1 fully saturated rings. The average Bonchev–Trinajstić information content (AvgIpc) is 3.06. The molecule has 0 radical (unpaired) electrons. The van der Waals surface area contributed by atoms with E-state index in [1.165, 1.54) is 24.9 Å². The van der Waals surface area contributed by atoms with E-state index in [4.69, 9.17) is 15.6 Å². The number of amides is 3. The standard InChI is InChI=1S/C15H15BrN6O7S2/c1-28-21-8(7-9(16)31-14(17)18-7)10(23)19-20-15(27)29-4-5-11(24)22-6(13(25)26)2-3-30-12(5)22/h2,5,12H,3-4H2,1H3,(H2,17,18)(H,19,23)(H,20,27)(H,25,26)/b21-8+. The van der Waals surface area contributed by atoms with Crippen LogP contribution in [-0.4, -0.2) is 69.4 Å². The maximum Gasteiger partial charge on any atom is 0.426 e. The Morgan fingerprint density at radius 2 is 2.19 bits per heavy atom. The first-order chi connectivity index (χ1) is 14.7. The predicted octanol–water partition coefficient (Wildman–Crippen LogP) is 0.0955. The van der Waals surface area contributed by atoms with Gasteiger partial charge in [0, 0.05) is 5.75 Å². The molecule has 2 aliphatic heterocycles. The summed E-state index contributed by atoms with van der Waals surface area (Å²) < 4.78 is 5.41. The number of oxime groups is 1. The Bertz CT molecular complexity index is 996. The van der Waals surface area contributed by atoms with E-state index in [1.54, 1.807) is 0 Å². The summed E-state index contributed by atoms with van der Waals surface area (Å²) >= 11 is 5.64. The fourth-order valence-electron chi connectivity index (χ4n) is 2.75. The summed E-state index contributed by atoms with van der Waals surface area (Å²) in [4.78, 5) is 57.4. The van der Waals surface area contributed by atoms with Gasteiger partial charge in [0.05, 0.1) is 5.37 Å². The van der Waals surface area contributed by atoms with Crippen LogP contribution in [0.5, 0.6) is 0 Å². The molecule has 0 aromatic carbocycles. The van der Waals surface area contributed by atoms with Gasteiger partial charge in [-0.05, 0) is 22.0 Å². The van der Waals surface area contributed by atoms with Crippen LogP contribution in [0.25, 0.3) is 0 Å². The van der Waals surface area contributed by atoms with Crippen LogP contribution in [0.15, 0.2) is 20.7 Å². The second-order valence-corrected chi connectivity index (χ2v) is 9.41. The summed E-state index contributed by atoms with van der Waals surface area (Å²) in [6.07, 6.45) is 0.428. The Hall–Kier alpha value is -2.85. The molecule has 2 aliphatic rings. The minimum absolute atomic E-state index is 0.0829. The van der Waals surface area contributed by atoms with Gasteiger partial charge in [0.25, 0.3) is 5.91 Å². The van der Waals surface area contributed by atoms with Crippen molar-refractivity contribution in [3.05, 3.63) is 21.3 Å². The lowest BCUT2D eigenvalue weighted by atomic mass is 9.97. The van der Waals surface area contributed by atoms with Crippen LogP contribution < -0.4 is 16.6 Å². The number of carboxylic acid groups (broad SMARTS) is 1. The molecule has 31 heavy (non-hydrogen) atoms. The Morgan fingerprint density at radius 3 is 2.81 bits per heavy atom. The fraction of sp³-hybridized carbons (Fsp3) is 0.333. The Kier molecular flexibility index (Phi) is 7.01. The van der Waals surface area contributed by atoms with Gasteiger partial charge in [0.1, 0.15) is 34.8 Å². The van der Waals surface area contributed by atoms with Crippen LogP contribution in [0.1, 0.15) is 5.69 Å². The maximum atomic E-state index is 12.3. The Balaban J connectivity index is 1.51. The van der Waals surface area contributed by atoms with E-state index in [1.807, 2.05) is 5.43 Å². The van der Waals surface area contributed by atoms with Crippen molar-refractivity contribution < 1.29 is 33.9 Å². The average molecular weight is 535 g/mol. The highest BCUT2D eigenvalue weighted by atomic mass is 79.9. The highest BCUT2D eigenvalue weighted by Gasteiger charge is 2.52. The molecule has 3 heterocycles. The molecule has 0 bridgehead atoms. The van der Waals surface area contributed by atoms with Crippen LogP contribution in [-0.2, 0) is 24.0 Å². The SMILES string of the molecule is CO/N=C(/C(=O)NNC(=O)OCC1C(=O)N2C(C(=O)O)=CCSC12)c1nc(N)sc1Br. The molecule has 2 unspecified atom stereocenters.